The lowest BCUT2D eigenvalue weighted by Gasteiger charge is -2.34. The number of ether oxygens (including phenoxy) is 2. The zero-order chi connectivity index (χ0) is 35.7. The van der Waals surface area contributed by atoms with Gasteiger partial charge in [-0.2, -0.15) is 0 Å². The molecule has 1 atom stereocenters. The van der Waals surface area contributed by atoms with Crippen LogP contribution >= 0.6 is 23.2 Å². The van der Waals surface area contributed by atoms with E-state index < -0.39 is 34.4 Å². The number of halogens is 2. The highest BCUT2D eigenvalue weighted by Crippen LogP contribution is 2.36. The second-order valence-corrected chi connectivity index (χ2v) is 14.6. The molecule has 0 radical (unpaired) electrons. The summed E-state index contributed by atoms with van der Waals surface area (Å²) in [6.45, 7) is 5.29. The first-order valence-corrected chi connectivity index (χ1v) is 17.9. The van der Waals surface area contributed by atoms with Crippen LogP contribution in [-0.4, -0.2) is 58.5 Å². The number of carbonyl (C=O) groups is 2. The smallest absolute Gasteiger partial charge is 0.264 e. The second-order valence-electron chi connectivity index (χ2n) is 11.9. The Kier molecular flexibility index (Phi) is 13.0. The second kappa shape index (κ2) is 16.9. The van der Waals surface area contributed by atoms with E-state index in [2.05, 4.69) is 5.32 Å². The van der Waals surface area contributed by atoms with E-state index in [1.807, 2.05) is 51.1 Å². The van der Waals surface area contributed by atoms with Crippen molar-refractivity contribution >= 4 is 50.7 Å². The Labute approximate surface area is 298 Å². The van der Waals surface area contributed by atoms with Gasteiger partial charge in [-0.1, -0.05) is 91.1 Å². The Morgan fingerprint density at radius 3 is 2.10 bits per heavy atom. The molecule has 260 valence electrons. The maximum absolute atomic E-state index is 14.8. The van der Waals surface area contributed by atoms with Crippen molar-refractivity contribution in [2.24, 2.45) is 5.92 Å². The molecule has 0 aliphatic carbocycles. The fourth-order valence-corrected chi connectivity index (χ4v) is 7.11. The molecule has 0 aliphatic heterocycles. The zero-order valence-corrected chi connectivity index (χ0v) is 30.5. The number of aryl methyl sites for hydroxylation is 1. The summed E-state index contributed by atoms with van der Waals surface area (Å²) in [6, 6.07) is 24.2. The minimum absolute atomic E-state index is 0.0352. The molecule has 0 unspecified atom stereocenters. The molecule has 4 aromatic rings. The number of benzene rings is 4. The summed E-state index contributed by atoms with van der Waals surface area (Å²) < 4.78 is 40.9. The predicted octanol–water partition coefficient (Wildman–Crippen LogP) is 6.93. The number of nitrogens with one attached hydrogen (secondary N) is 1. The SMILES string of the molecule is COc1ccc(OC)c(N(CC(=O)N(Cc2c(Cl)cccc2Cl)[C@H](Cc2ccccc2)C(=O)NCC(C)C)S(=O)(=O)c2ccc(C)cc2)c1. The third-order valence-corrected chi connectivity index (χ3v) is 10.4. The van der Waals surface area contributed by atoms with E-state index in [1.54, 1.807) is 42.5 Å². The summed E-state index contributed by atoms with van der Waals surface area (Å²) in [4.78, 5) is 30.1. The average molecular weight is 727 g/mol. The number of amides is 2. The number of carbonyl (C=O) groups excluding carboxylic acids is 2. The molecule has 9 nitrogen and oxygen atoms in total. The molecule has 49 heavy (non-hydrogen) atoms. The zero-order valence-electron chi connectivity index (χ0n) is 28.2. The van der Waals surface area contributed by atoms with Crippen molar-refractivity contribution in [1.29, 1.82) is 0 Å². The Balaban J connectivity index is 1.89. The minimum Gasteiger partial charge on any atom is -0.497 e. The monoisotopic (exact) mass is 725 g/mol. The van der Waals surface area contributed by atoms with Gasteiger partial charge in [-0.3, -0.25) is 13.9 Å². The summed E-state index contributed by atoms with van der Waals surface area (Å²) in [5.41, 5.74) is 2.16. The molecule has 2 amide bonds. The highest BCUT2D eigenvalue weighted by Gasteiger charge is 2.36. The quantitative estimate of drug-likeness (QED) is 0.143. The van der Waals surface area contributed by atoms with Gasteiger partial charge in [-0.25, -0.2) is 8.42 Å². The van der Waals surface area contributed by atoms with Crippen LogP contribution in [-0.2, 0) is 32.6 Å². The van der Waals surface area contributed by atoms with Crippen molar-refractivity contribution in [3.63, 3.8) is 0 Å². The number of hydrogen-bond donors (Lipinski definition) is 1. The van der Waals surface area contributed by atoms with Crippen LogP contribution in [0, 0.1) is 12.8 Å². The minimum atomic E-state index is -4.37. The molecule has 1 N–H and O–H groups in total. The lowest BCUT2D eigenvalue weighted by molar-refractivity contribution is -0.140. The van der Waals surface area contributed by atoms with Crippen molar-refractivity contribution in [3.05, 3.63) is 118 Å². The van der Waals surface area contributed by atoms with Gasteiger partial charge in [0.1, 0.15) is 24.1 Å². The molecule has 0 bridgehead atoms. The lowest BCUT2D eigenvalue weighted by Crippen LogP contribution is -2.53. The molecule has 4 aromatic carbocycles. The van der Waals surface area contributed by atoms with Gasteiger partial charge in [0.15, 0.2) is 0 Å². The van der Waals surface area contributed by atoms with Crippen LogP contribution in [0.5, 0.6) is 11.5 Å². The highest BCUT2D eigenvalue weighted by molar-refractivity contribution is 7.92. The Hall–Kier alpha value is -4.25. The maximum Gasteiger partial charge on any atom is 0.264 e. The Morgan fingerprint density at radius 2 is 1.51 bits per heavy atom. The molecule has 0 heterocycles. The normalized spacial score (nSPS) is 11.9. The third-order valence-electron chi connectivity index (χ3n) is 7.89. The molecule has 0 saturated heterocycles. The lowest BCUT2D eigenvalue weighted by atomic mass is 10.0. The predicted molar refractivity (Wildman–Crippen MR) is 194 cm³/mol. The van der Waals surface area contributed by atoms with Crippen molar-refractivity contribution in [3.8, 4) is 11.5 Å². The van der Waals surface area contributed by atoms with Crippen LogP contribution in [0.15, 0.2) is 95.9 Å². The molecule has 12 heteroatoms. The van der Waals surface area contributed by atoms with Crippen LogP contribution in [0.25, 0.3) is 0 Å². The molecule has 4 rings (SSSR count). The molecule has 0 saturated carbocycles. The Morgan fingerprint density at radius 1 is 0.857 bits per heavy atom. The van der Waals surface area contributed by atoms with Crippen LogP contribution in [0.3, 0.4) is 0 Å². The average Bonchev–Trinajstić information content (AvgIpc) is 3.08. The van der Waals surface area contributed by atoms with Gasteiger partial charge >= 0.3 is 0 Å². The van der Waals surface area contributed by atoms with E-state index in [4.69, 9.17) is 32.7 Å². The van der Waals surface area contributed by atoms with Gasteiger partial charge in [-0.15, -0.1) is 0 Å². The fourth-order valence-electron chi connectivity index (χ4n) is 5.17. The van der Waals surface area contributed by atoms with Crippen LogP contribution in [0.4, 0.5) is 5.69 Å². The fraction of sp³-hybridized carbons (Fsp3) is 0.297. The van der Waals surface area contributed by atoms with Crippen LogP contribution < -0.4 is 19.1 Å². The summed E-state index contributed by atoms with van der Waals surface area (Å²) in [5.74, 6) is -0.389. The van der Waals surface area contributed by atoms with Gasteiger partial charge in [-0.05, 0) is 54.8 Å². The van der Waals surface area contributed by atoms with E-state index in [9.17, 15) is 18.0 Å². The van der Waals surface area contributed by atoms with E-state index >= 15 is 0 Å². The number of methoxy groups -OCH3 is 2. The van der Waals surface area contributed by atoms with Crippen molar-refractivity contribution in [2.75, 3.05) is 31.6 Å². The van der Waals surface area contributed by atoms with Crippen molar-refractivity contribution in [2.45, 2.75) is 44.7 Å². The molecule has 0 aromatic heterocycles. The number of sulfonamides is 1. The Bertz CT molecular complexity index is 1830. The summed E-state index contributed by atoms with van der Waals surface area (Å²) in [5, 5.41) is 3.56. The number of nitrogens with zero attached hydrogens (tertiary/aromatic N) is 2. The first-order valence-electron chi connectivity index (χ1n) is 15.7. The third kappa shape index (κ3) is 9.47. The first-order chi connectivity index (χ1) is 23.3. The van der Waals surface area contributed by atoms with Gasteiger partial charge in [0, 0.05) is 41.2 Å². The van der Waals surface area contributed by atoms with Gasteiger partial charge in [0.2, 0.25) is 11.8 Å². The van der Waals surface area contributed by atoms with Crippen LogP contribution in [0.2, 0.25) is 10.0 Å². The first kappa shape index (κ1) is 37.6. The van der Waals surface area contributed by atoms with Gasteiger partial charge in [0.25, 0.3) is 10.0 Å². The topological polar surface area (TPSA) is 105 Å². The standard InChI is InChI=1S/C37H41Cl2N3O6S/c1-25(2)22-40-37(44)34(20-27-10-7-6-8-11-27)41(23-30-31(38)12-9-13-32(30)39)36(43)24-42(33-21-28(47-4)16-19-35(33)48-5)49(45,46)29-17-14-26(3)15-18-29/h6-19,21,25,34H,20,22-24H2,1-5H3,(H,40,44)/t34-/m1/s1. The highest BCUT2D eigenvalue weighted by atomic mass is 35.5. The molecule has 0 spiro atoms. The summed E-state index contributed by atoms with van der Waals surface area (Å²) in [6.07, 6.45) is 0.145. The van der Waals surface area contributed by atoms with E-state index in [0.29, 0.717) is 27.9 Å². The molecular formula is C37H41Cl2N3O6S. The largest absolute Gasteiger partial charge is 0.497 e. The molecular weight excluding hydrogens is 685 g/mol. The number of rotatable bonds is 15. The maximum atomic E-state index is 14.8. The summed E-state index contributed by atoms with van der Waals surface area (Å²) in [7, 11) is -1.51. The van der Waals surface area contributed by atoms with Gasteiger partial charge < -0.3 is 19.7 Å². The van der Waals surface area contributed by atoms with E-state index in [-0.39, 0.29) is 35.2 Å². The van der Waals surface area contributed by atoms with Crippen LogP contribution in [0.1, 0.15) is 30.5 Å². The summed E-state index contributed by atoms with van der Waals surface area (Å²) >= 11 is 13.2. The van der Waals surface area contributed by atoms with Gasteiger partial charge in [0.05, 0.1) is 24.8 Å². The van der Waals surface area contributed by atoms with Crippen molar-refractivity contribution in [1.82, 2.24) is 10.2 Å². The number of anilines is 1. The number of hydrogen-bond acceptors (Lipinski definition) is 6. The van der Waals surface area contributed by atoms with Crippen molar-refractivity contribution < 1.29 is 27.5 Å². The molecule has 0 fully saturated rings. The molecule has 0 aliphatic rings. The van der Waals surface area contributed by atoms with E-state index in [1.165, 1.54) is 37.3 Å². The van der Waals surface area contributed by atoms with E-state index in [0.717, 1.165) is 15.4 Å².